The SMILES string of the molecule is CN(C)CC(NC(=O)N1Cc2c(N)n[nH]c2C1(C)C)c1ccccc1. The fourth-order valence-electron chi connectivity index (χ4n) is 3.37. The molecular formula is C18H26N6O. The highest BCUT2D eigenvalue weighted by molar-refractivity contribution is 5.77. The van der Waals surface area contributed by atoms with Crippen LogP contribution in [0.2, 0.25) is 0 Å². The van der Waals surface area contributed by atoms with Gasteiger partial charge < -0.3 is 20.9 Å². The maximum Gasteiger partial charge on any atom is 0.319 e. The van der Waals surface area contributed by atoms with Crippen LogP contribution in [0.15, 0.2) is 30.3 Å². The molecule has 2 aromatic rings. The number of nitrogen functional groups attached to an aromatic ring is 1. The number of benzene rings is 1. The van der Waals surface area contributed by atoms with Crippen molar-refractivity contribution in [1.29, 1.82) is 0 Å². The topological polar surface area (TPSA) is 90.3 Å². The predicted molar refractivity (Wildman–Crippen MR) is 97.8 cm³/mol. The lowest BCUT2D eigenvalue weighted by atomic mass is 10.0. The number of carbonyl (C=O) groups excluding carboxylic acids is 1. The van der Waals surface area contributed by atoms with E-state index in [2.05, 4.69) is 20.4 Å². The van der Waals surface area contributed by atoms with Crippen molar-refractivity contribution in [1.82, 2.24) is 25.3 Å². The zero-order valence-electron chi connectivity index (χ0n) is 15.2. The number of anilines is 1. The Balaban J connectivity index is 1.80. The molecule has 0 spiro atoms. The van der Waals surface area contributed by atoms with Crippen LogP contribution in [0.1, 0.15) is 36.7 Å². The summed E-state index contributed by atoms with van der Waals surface area (Å²) in [6.07, 6.45) is 0. The first-order valence-corrected chi connectivity index (χ1v) is 8.41. The van der Waals surface area contributed by atoms with Crippen molar-refractivity contribution >= 4 is 11.8 Å². The van der Waals surface area contributed by atoms with Crippen LogP contribution in [0.5, 0.6) is 0 Å². The molecule has 0 saturated heterocycles. The van der Waals surface area contributed by atoms with Crippen molar-refractivity contribution in [2.75, 3.05) is 26.4 Å². The number of hydrogen-bond acceptors (Lipinski definition) is 4. The number of aromatic amines is 1. The Hall–Kier alpha value is -2.54. The molecule has 7 nitrogen and oxygen atoms in total. The molecule has 7 heteroatoms. The van der Waals surface area contributed by atoms with Gasteiger partial charge in [0.2, 0.25) is 0 Å². The molecule has 4 N–H and O–H groups in total. The highest BCUT2D eigenvalue weighted by Crippen LogP contribution is 2.39. The molecule has 25 heavy (non-hydrogen) atoms. The minimum atomic E-state index is -0.483. The fraction of sp³-hybridized carbons (Fsp3) is 0.444. The summed E-state index contributed by atoms with van der Waals surface area (Å²) in [5.74, 6) is 0.464. The van der Waals surface area contributed by atoms with E-state index in [1.807, 2.05) is 58.3 Å². The Morgan fingerprint density at radius 1 is 1.40 bits per heavy atom. The first-order chi connectivity index (χ1) is 11.8. The van der Waals surface area contributed by atoms with E-state index in [1.165, 1.54) is 0 Å². The minimum Gasteiger partial charge on any atom is -0.382 e. The predicted octanol–water partition coefficient (Wildman–Crippen LogP) is 2.06. The van der Waals surface area contributed by atoms with Crippen molar-refractivity contribution in [2.24, 2.45) is 0 Å². The van der Waals surface area contributed by atoms with Gasteiger partial charge in [-0.2, -0.15) is 5.10 Å². The molecule has 3 rings (SSSR count). The van der Waals surface area contributed by atoms with Crippen LogP contribution in [0.3, 0.4) is 0 Å². The van der Waals surface area contributed by atoms with Gasteiger partial charge in [-0.15, -0.1) is 0 Å². The van der Waals surface area contributed by atoms with Crippen LogP contribution in [0, 0.1) is 0 Å². The number of amides is 2. The molecule has 0 bridgehead atoms. The van der Waals surface area contributed by atoms with Crippen molar-refractivity contribution in [3.63, 3.8) is 0 Å². The smallest absolute Gasteiger partial charge is 0.319 e. The zero-order chi connectivity index (χ0) is 18.2. The summed E-state index contributed by atoms with van der Waals surface area (Å²) in [4.78, 5) is 16.9. The van der Waals surface area contributed by atoms with Gasteiger partial charge >= 0.3 is 6.03 Å². The summed E-state index contributed by atoms with van der Waals surface area (Å²) in [5.41, 5.74) is 8.34. The third-order valence-corrected chi connectivity index (χ3v) is 4.79. The Bertz CT molecular complexity index is 752. The quantitative estimate of drug-likeness (QED) is 0.793. The lowest BCUT2D eigenvalue weighted by Gasteiger charge is -2.34. The third-order valence-electron chi connectivity index (χ3n) is 4.79. The van der Waals surface area contributed by atoms with Crippen LogP contribution in [0.4, 0.5) is 10.6 Å². The van der Waals surface area contributed by atoms with Gasteiger partial charge in [-0.1, -0.05) is 30.3 Å². The van der Waals surface area contributed by atoms with Crippen LogP contribution >= 0.6 is 0 Å². The molecule has 1 aromatic heterocycles. The van der Waals surface area contributed by atoms with E-state index in [1.54, 1.807) is 4.90 Å². The van der Waals surface area contributed by atoms with Gasteiger partial charge in [0.15, 0.2) is 5.82 Å². The minimum absolute atomic E-state index is 0.0890. The number of nitrogens with one attached hydrogen (secondary N) is 2. The maximum atomic E-state index is 13.0. The third kappa shape index (κ3) is 3.19. The molecule has 1 aliphatic heterocycles. The number of nitrogens with zero attached hydrogens (tertiary/aromatic N) is 3. The van der Waals surface area contributed by atoms with E-state index in [0.717, 1.165) is 23.4 Å². The van der Waals surface area contributed by atoms with Crippen molar-refractivity contribution in [2.45, 2.75) is 32.0 Å². The number of hydrogen-bond donors (Lipinski definition) is 3. The van der Waals surface area contributed by atoms with Gasteiger partial charge in [0, 0.05) is 12.1 Å². The zero-order valence-corrected chi connectivity index (χ0v) is 15.2. The molecule has 1 aliphatic rings. The first-order valence-electron chi connectivity index (χ1n) is 8.41. The van der Waals surface area contributed by atoms with E-state index >= 15 is 0 Å². The van der Waals surface area contributed by atoms with Crippen LogP contribution in [-0.4, -0.2) is 46.7 Å². The Morgan fingerprint density at radius 3 is 2.68 bits per heavy atom. The van der Waals surface area contributed by atoms with Gasteiger partial charge in [0.1, 0.15) is 0 Å². The Labute approximate surface area is 148 Å². The monoisotopic (exact) mass is 342 g/mol. The molecular weight excluding hydrogens is 316 g/mol. The average molecular weight is 342 g/mol. The molecule has 0 fully saturated rings. The average Bonchev–Trinajstić information content (AvgIpc) is 3.05. The van der Waals surface area contributed by atoms with Gasteiger partial charge in [-0.3, -0.25) is 5.10 Å². The molecule has 2 heterocycles. The number of likely N-dealkylation sites (N-methyl/N-ethyl adjacent to an activating group) is 1. The van der Waals surface area contributed by atoms with Crippen LogP contribution in [0.25, 0.3) is 0 Å². The van der Waals surface area contributed by atoms with E-state index in [9.17, 15) is 4.79 Å². The largest absolute Gasteiger partial charge is 0.382 e. The summed E-state index contributed by atoms with van der Waals surface area (Å²) >= 11 is 0. The van der Waals surface area contributed by atoms with E-state index in [4.69, 9.17) is 5.73 Å². The van der Waals surface area contributed by atoms with Gasteiger partial charge in [-0.25, -0.2) is 4.79 Å². The lowest BCUT2D eigenvalue weighted by Crippen LogP contribution is -2.48. The molecule has 1 aromatic carbocycles. The first kappa shape index (κ1) is 17.3. The van der Waals surface area contributed by atoms with Gasteiger partial charge in [0.25, 0.3) is 0 Å². The van der Waals surface area contributed by atoms with Crippen LogP contribution in [-0.2, 0) is 12.1 Å². The number of nitrogens with two attached hydrogens (primary N) is 1. The summed E-state index contributed by atoms with van der Waals surface area (Å²) in [6.45, 7) is 5.18. The highest BCUT2D eigenvalue weighted by atomic mass is 16.2. The second-order valence-electron chi connectivity index (χ2n) is 7.28. The standard InChI is InChI=1S/C18H26N6O/c1-18(2)15-13(16(19)22-21-15)10-24(18)17(25)20-14(11-23(3)4)12-8-6-5-7-9-12/h5-9,14H,10-11H2,1-4H3,(H,20,25)(H3,19,21,22). The van der Waals surface area contributed by atoms with Gasteiger partial charge in [-0.05, 0) is 33.5 Å². The van der Waals surface area contributed by atoms with E-state index in [0.29, 0.717) is 12.4 Å². The Kier molecular flexibility index (Phi) is 4.43. The number of aromatic nitrogens is 2. The lowest BCUT2D eigenvalue weighted by molar-refractivity contribution is 0.138. The molecule has 0 aliphatic carbocycles. The summed E-state index contributed by atoms with van der Waals surface area (Å²) in [7, 11) is 4.00. The van der Waals surface area contributed by atoms with Gasteiger partial charge in [0.05, 0.1) is 23.8 Å². The van der Waals surface area contributed by atoms with E-state index < -0.39 is 5.54 Å². The number of fused-ring (bicyclic) bond motifs is 1. The molecule has 134 valence electrons. The van der Waals surface area contributed by atoms with Crippen molar-refractivity contribution in [3.05, 3.63) is 47.2 Å². The van der Waals surface area contributed by atoms with Crippen molar-refractivity contribution < 1.29 is 4.79 Å². The summed E-state index contributed by atoms with van der Waals surface area (Å²) < 4.78 is 0. The number of urea groups is 1. The number of carbonyl (C=O) groups is 1. The number of H-pyrrole nitrogens is 1. The van der Waals surface area contributed by atoms with Crippen molar-refractivity contribution in [3.8, 4) is 0 Å². The molecule has 1 atom stereocenters. The second-order valence-corrected chi connectivity index (χ2v) is 7.28. The van der Waals surface area contributed by atoms with Crippen LogP contribution < -0.4 is 11.1 Å². The molecule has 0 radical (unpaired) electrons. The molecule has 1 unspecified atom stereocenters. The molecule has 0 saturated carbocycles. The maximum absolute atomic E-state index is 13.0. The van der Waals surface area contributed by atoms with E-state index in [-0.39, 0.29) is 12.1 Å². The molecule has 2 amide bonds. The normalized spacial score (nSPS) is 16.8. The fourth-order valence-corrected chi connectivity index (χ4v) is 3.37. The summed E-state index contributed by atoms with van der Waals surface area (Å²) in [5, 5.41) is 10.2. The second kappa shape index (κ2) is 6.40. The Morgan fingerprint density at radius 2 is 2.08 bits per heavy atom. The highest BCUT2D eigenvalue weighted by Gasteiger charge is 2.43. The number of rotatable bonds is 4. The summed E-state index contributed by atoms with van der Waals surface area (Å²) in [6, 6.07) is 9.83.